The lowest BCUT2D eigenvalue weighted by molar-refractivity contribution is -0.150. The van der Waals surface area contributed by atoms with Crippen LogP contribution in [0.3, 0.4) is 0 Å². The Labute approximate surface area is 247 Å². The van der Waals surface area contributed by atoms with Crippen molar-refractivity contribution in [2.75, 3.05) is 0 Å². The van der Waals surface area contributed by atoms with E-state index in [0.717, 1.165) is 51.4 Å². The number of rotatable bonds is 7. The number of amides is 2. The molecule has 0 aliphatic heterocycles. The van der Waals surface area contributed by atoms with Crippen LogP contribution in [-0.2, 0) is 19.2 Å². The molecule has 226 valence electrons. The summed E-state index contributed by atoms with van der Waals surface area (Å²) in [4.78, 5) is 49.6. The summed E-state index contributed by atoms with van der Waals surface area (Å²) < 4.78 is 0. The van der Waals surface area contributed by atoms with Gasteiger partial charge in [0.2, 0.25) is 11.8 Å². The number of alkyl halides is 2. The molecule has 0 aromatic heterocycles. The summed E-state index contributed by atoms with van der Waals surface area (Å²) in [5.41, 5.74) is 0. The standard InChI is InChI=1S/C30H46Cl2N2O6/c1-15-3-7-19(21(11-15)29(37)38)27(35)33-25-9-5-17(13-23(25)31)18-6-10-26(24(32)14-18)34-28(36)20-8-4-16(2)12-22(20)30(39)40/h15-26H,3-14H2,1-2H3,(H,33,35)(H,34,36)(H,37,38)(H,39,40). The van der Waals surface area contributed by atoms with Gasteiger partial charge < -0.3 is 20.8 Å². The van der Waals surface area contributed by atoms with Crippen LogP contribution < -0.4 is 10.6 Å². The Morgan fingerprint density at radius 2 is 0.925 bits per heavy atom. The SMILES string of the molecule is CC1CCC(C(=O)NC2CCC(C3CCC(NC(=O)C4CCC(C)CC4C(=O)O)C(Cl)C3)CC2Cl)C(C(=O)O)C1. The molecule has 0 aromatic carbocycles. The quantitative estimate of drug-likeness (QED) is 0.302. The van der Waals surface area contributed by atoms with E-state index in [1.54, 1.807) is 0 Å². The van der Waals surface area contributed by atoms with Crippen LogP contribution in [0.2, 0.25) is 0 Å². The van der Waals surface area contributed by atoms with E-state index < -0.39 is 35.6 Å². The van der Waals surface area contributed by atoms with E-state index >= 15 is 0 Å². The summed E-state index contributed by atoms with van der Waals surface area (Å²) in [6, 6.07) is -0.330. The van der Waals surface area contributed by atoms with Crippen molar-refractivity contribution in [3.05, 3.63) is 0 Å². The largest absolute Gasteiger partial charge is 0.481 e. The van der Waals surface area contributed by atoms with E-state index in [0.29, 0.717) is 49.4 Å². The molecular formula is C30H46Cl2N2O6. The normalized spacial score (nSPS) is 42.4. The van der Waals surface area contributed by atoms with Gasteiger partial charge in [-0.05, 0) is 101 Å². The maximum atomic E-state index is 13.1. The van der Waals surface area contributed by atoms with Gasteiger partial charge in [0.05, 0.1) is 34.4 Å². The summed E-state index contributed by atoms with van der Waals surface area (Å²) >= 11 is 13.6. The van der Waals surface area contributed by atoms with Crippen LogP contribution in [0.1, 0.15) is 90.9 Å². The fourth-order valence-corrected chi connectivity index (χ4v) is 8.82. The number of carbonyl (C=O) groups excluding carboxylic acids is 2. The van der Waals surface area contributed by atoms with Crippen molar-refractivity contribution in [2.24, 2.45) is 47.3 Å². The van der Waals surface area contributed by atoms with Crippen molar-refractivity contribution in [1.29, 1.82) is 0 Å². The number of hydrogen-bond acceptors (Lipinski definition) is 4. The lowest BCUT2D eigenvalue weighted by Crippen LogP contribution is -2.51. The second-order valence-electron chi connectivity index (χ2n) is 13.3. The predicted molar refractivity (Wildman–Crippen MR) is 153 cm³/mol. The third-order valence-electron chi connectivity index (χ3n) is 10.5. The maximum absolute atomic E-state index is 13.1. The Morgan fingerprint density at radius 3 is 1.25 bits per heavy atom. The molecule has 2 amide bonds. The molecule has 12 atom stereocenters. The molecule has 10 heteroatoms. The van der Waals surface area contributed by atoms with Crippen molar-refractivity contribution in [1.82, 2.24) is 10.6 Å². The monoisotopic (exact) mass is 600 g/mol. The molecule has 0 bridgehead atoms. The van der Waals surface area contributed by atoms with Crippen LogP contribution in [0.5, 0.6) is 0 Å². The minimum absolute atomic E-state index is 0.165. The van der Waals surface area contributed by atoms with Gasteiger partial charge in [0.25, 0.3) is 0 Å². The molecule has 4 saturated carbocycles. The molecule has 0 saturated heterocycles. The number of halogens is 2. The van der Waals surface area contributed by atoms with Crippen LogP contribution in [-0.4, -0.2) is 56.8 Å². The number of carboxylic acids is 2. The van der Waals surface area contributed by atoms with Gasteiger partial charge in [-0.15, -0.1) is 23.2 Å². The zero-order valence-electron chi connectivity index (χ0n) is 23.7. The zero-order valence-corrected chi connectivity index (χ0v) is 25.2. The Bertz CT molecular complexity index is 875. The van der Waals surface area contributed by atoms with Crippen molar-refractivity contribution in [3.8, 4) is 0 Å². The molecule has 8 nitrogen and oxygen atoms in total. The molecule has 4 aliphatic carbocycles. The fraction of sp³-hybridized carbons (Fsp3) is 0.867. The van der Waals surface area contributed by atoms with Gasteiger partial charge in [0, 0.05) is 12.1 Å². The third kappa shape index (κ3) is 7.45. The number of carboxylic acid groups (broad SMARTS) is 2. The van der Waals surface area contributed by atoms with Gasteiger partial charge in [0.15, 0.2) is 0 Å². The first-order chi connectivity index (χ1) is 18.9. The number of carbonyl (C=O) groups is 4. The second-order valence-corrected chi connectivity index (χ2v) is 14.5. The zero-order chi connectivity index (χ0) is 29.1. The van der Waals surface area contributed by atoms with E-state index in [-0.39, 0.29) is 34.7 Å². The highest BCUT2D eigenvalue weighted by Crippen LogP contribution is 2.42. The van der Waals surface area contributed by atoms with Crippen LogP contribution >= 0.6 is 23.2 Å². The van der Waals surface area contributed by atoms with E-state index in [9.17, 15) is 29.4 Å². The molecule has 0 spiro atoms. The molecule has 4 aliphatic rings. The highest BCUT2D eigenvalue weighted by atomic mass is 35.5. The first kappa shape index (κ1) is 31.4. The molecule has 0 aromatic rings. The van der Waals surface area contributed by atoms with Crippen molar-refractivity contribution in [3.63, 3.8) is 0 Å². The number of hydrogen-bond donors (Lipinski definition) is 4. The highest BCUT2D eigenvalue weighted by Gasteiger charge is 2.43. The first-order valence-corrected chi connectivity index (χ1v) is 16.2. The summed E-state index contributed by atoms with van der Waals surface area (Å²) in [6.45, 7) is 4.08. The van der Waals surface area contributed by atoms with E-state index in [2.05, 4.69) is 10.6 Å². The molecule has 12 unspecified atom stereocenters. The van der Waals surface area contributed by atoms with Crippen molar-refractivity contribution < 1.29 is 29.4 Å². The molecular weight excluding hydrogens is 555 g/mol. The molecule has 0 radical (unpaired) electrons. The fourth-order valence-electron chi connectivity index (χ4n) is 7.99. The maximum Gasteiger partial charge on any atom is 0.307 e. The average Bonchev–Trinajstić information content (AvgIpc) is 2.90. The van der Waals surface area contributed by atoms with Gasteiger partial charge in [-0.3, -0.25) is 19.2 Å². The van der Waals surface area contributed by atoms with E-state index in [1.807, 2.05) is 13.8 Å². The average molecular weight is 602 g/mol. The molecule has 4 N–H and O–H groups in total. The van der Waals surface area contributed by atoms with E-state index in [1.165, 1.54) is 0 Å². The lowest BCUT2D eigenvalue weighted by atomic mass is 9.70. The van der Waals surface area contributed by atoms with Gasteiger partial charge in [-0.2, -0.15) is 0 Å². The van der Waals surface area contributed by atoms with E-state index in [4.69, 9.17) is 23.2 Å². The topological polar surface area (TPSA) is 133 Å². The molecule has 0 heterocycles. The molecule has 4 rings (SSSR count). The van der Waals surface area contributed by atoms with Crippen molar-refractivity contribution >= 4 is 47.0 Å². The minimum atomic E-state index is -0.893. The Balaban J connectivity index is 1.25. The Hall–Kier alpha value is -1.54. The highest BCUT2D eigenvalue weighted by molar-refractivity contribution is 6.21. The minimum Gasteiger partial charge on any atom is -0.481 e. The van der Waals surface area contributed by atoms with Gasteiger partial charge in [-0.1, -0.05) is 13.8 Å². The van der Waals surface area contributed by atoms with Crippen molar-refractivity contribution in [2.45, 2.75) is 114 Å². The summed E-state index contributed by atoms with van der Waals surface area (Å²) in [6.07, 6.45) is 8.88. The van der Waals surface area contributed by atoms with Crippen LogP contribution in [0.15, 0.2) is 0 Å². The van der Waals surface area contributed by atoms with Crippen LogP contribution in [0, 0.1) is 47.3 Å². The van der Waals surface area contributed by atoms with Crippen LogP contribution in [0.25, 0.3) is 0 Å². The third-order valence-corrected chi connectivity index (χ3v) is 11.4. The van der Waals surface area contributed by atoms with Gasteiger partial charge in [-0.25, -0.2) is 0 Å². The number of aliphatic carboxylic acids is 2. The summed E-state index contributed by atoms with van der Waals surface area (Å²) in [5, 5.41) is 25.0. The number of nitrogens with one attached hydrogen (secondary N) is 2. The summed E-state index contributed by atoms with van der Waals surface area (Å²) in [7, 11) is 0. The second kappa shape index (κ2) is 13.6. The Morgan fingerprint density at radius 1 is 0.550 bits per heavy atom. The van der Waals surface area contributed by atoms with Crippen LogP contribution in [0.4, 0.5) is 0 Å². The lowest BCUT2D eigenvalue weighted by Gasteiger charge is -2.42. The smallest absolute Gasteiger partial charge is 0.307 e. The molecule has 4 fully saturated rings. The predicted octanol–water partition coefficient (Wildman–Crippen LogP) is 5.05. The first-order valence-electron chi connectivity index (χ1n) is 15.3. The van der Waals surface area contributed by atoms with Gasteiger partial charge in [0.1, 0.15) is 0 Å². The Kier molecular flexibility index (Phi) is 10.7. The molecule has 40 heavy (non-hydrogen) atoms. The van der Waals surface area contributed by atoms with Gasteiger partial charge >= 0.3 is 11.9 Å². The summed E-state index contributed by atoms with van der Waals surface area (Å²) in [5.74, 6) is -3.03.